The number of rotatable bonds is 1. The van der Waals surface area contributed by atoms with Crippen molar-refractivity contribution in [1.29, 1.82) is 0 Å². The third kappa shape index (κ3) is 2.43. The number of aromatic nitrogens is 4. The third-order valence-corrected chi connectivity index (χ3v) is 6.56. The fourth-order valence-corrected chi connectivity index (χ4v) is 5.20. The normalized spacial score (nSPS) is 20.7. The topological polar surface area (TPSA) is 72.6 Å². The van der Waals surface area contributed by atoms with Crippen molar-refractivity contribution in [2.24, 2.45) is 5.92 Å². The van der Waals surface area contributed by atoms with E-state index in [4.69, 9.17) is 9.72 Å². The Bertz CT molecular complexity index is 1020. The van der Waals surface area contributed by atoms with Crippen molar-refractivity contribution in [3.8, 4) is 0 Å². The van der Waals surface area contributed by atoms with Gasteiger partial charge in [0.25, 0.3) is 5.91 Å². The number of nitrogens with zero attached hydrogens (tertiary/aromatic N) is 5. The third-order valence-electron chi connectivity index (χ3n) is 5.38. The quantitative estimate of drug-likeness (QED) is 0.656. The van der Waals surface area contributed by atoms with Crippen LogP contribution in [-0.4, -0.2) is 56.7 Å². The molecule has 1 atom stereocenters. The van der Waals surface area contributed by atoms with E-state index in [9.17, 15) is 4.79 Å². The average Bonchev–Trinajstić information content (AvgIpc) is 3.23. The number of morpholine rings is 1. The van der Waals surface area contributed by atoms with Crippen molar-refractivity contribution in [2.45, 2.75) is 33.1 Å². The maximum atomic E-state index is 12.8. The Morgan fingerprint density at radius 2 is 2.08 bits per heavy atom. The maximum Gasteiger partial charge on any atom is 0.293 e. The first-order chi connectivity index (χ1) is 12.6. The van der Waals surface area contributed by atoms with Crippen molar-refractivity contribution in [3.63, 3.8) is 0 Å². The number of hydrogen-bond donors (Lipinski definition) is 0. The standard InChI is InChI=1S/C18H21N5O2S/c1-10-3-4-13-12(9-10)14-16-20-15(18(24)22-5-7-25-8-6-22)21-23(16)11(2)19-17(14)26-13/h10H,3-9H2,1-2H3/t10-/m0/s1. The summed E-state index contributed by atoms with van der Waals surface area (Å²) in [5.74, 6) is 1.57. The Labute approximate surface area is 155 Å². The Morgan fingerprint density at radius 3 is 2.88 bits per heavy atom. The summed E-state index contributed by atoms with van der Waals surface area (Å²) >= 11 is 1.77. The van der Waals surface area contributed by atoms with Crippen molar-refractivity contribution in [2.75, 3.05) is 26.3 Å². The number of hydrogen-bond acceptors (Lipinski definition) is 6. The zero-order chi connectivity index (χ0) is 17.8. The highest BCUT2D eigenvalue weighted by atomic mass is 32.1. The van der Waals surface area contributed by atoms with Crippen molar-refractivity contribution in [1.82, 2.24) is 24.5 Å². The van der Waals surface area contributed by atoms with Gasteiger partial charge in [-0.05, 0) is 37.7 Å². The van der Waals surface area contributed by atoms with Gasteiger partial charge < -0.3 is 9.64 Å². The molecule has 1 aliphatic heterocycles. The molecule has 0 aromatic carbocycles. The van der Waals surface area contributed by atoms with Crippen molar-refractivity contribution in [3.05, 3.63) is 22.1 Å². The Hall–Kier alpha value is -2.06. The minimum Gasteiger partial charge on any atom is -0.378 e. The molecular formula is C18H21N5O2S. The van der Waals surface area contributed by atoms with Crippen molar-refractivity contribution < 1.29 is 9.53 Å². The fourth-order valence-electron chi connectivity index (χ4n) is 3.95. The van der Waals surface area contributed by atoms with Gasteiger partial charge in [-0.1, -0.05) is 6.92 Å². The predicted molar refractivity (Wildman–Crippen MR) is 98.8 cm³/mol. The Balaban J connectivity index is 1.67. The highest BCUT2D eigenvalue weighted by Gasteiger charge is 2.27. The van der Waals surface area contributed by atoms with Gasteiger partial charge in [0.1, 0.15) is 10.7 Å². The van der Waals surface area contributed by atoms with Crippen LogP contribution in [0.2, 0.25) is 0 Å². The monoisotopic (exact) mass is 371 g/mol. The van der Waals surface area contributed by atoms with Gasteiger partial charge in [-0.25, -0.2) is 9.97 Å². The van der Waals surface area contributed by atoms with Gasteiger partial charge in [-0.15, -0.1) is 16.4 Å². The number of aryl methyl sites for hydroxylation is 2. The van der Waals surface area contributed by atoms with Gasteiger partial charge in [0, 0.05) is 18.0 Å². The molecule has 7 nitrogen and oxygen atoms in total. The number of carbonyl (C=O) groups excluding carboxylic acids is 1. The van der Waals surface area contributed by atoms with E-state index in [1.807, 2.05) is 6.92 Å². The molecule has 0 radical (unpaired) electrons. The molecule has 3 aromatic heterocycles. The molecule has 0 N–H and O–H groups in total. The van der Waals surface area contributed by atoms with Crippen LogP contribution < -0.4 is 0 Å². The van der Waals surface area contributed by atoms with Gasteiger partial charge in [0.15, 0.2) is 5.65 Å². The first kappa shape index (κ1) is 16.1. The van der Waals surface area contributed by atoms with Gasteiger partial charge in [-0.3, -0.25) is 4.79 Å². The van der Waals surface area contributed by atoms with E-state index in [2.05, 4.69) is 17.0 Å². The molecule has 8 heteroatoms. The number of amides is 1. The summed E-state index contributed by atoms with van der Waals surface area (Å²) in [6.45, 7) is 6.53. The lowest BCUT2D eigenvalue weighted by molar-refractivity contribution is 0.0295. The fraction of sp³-hybridized carbons (Fsp3) is 0.556. The molecule has 3 aromatic rings. The van der Waals surface area contributed by atoms with Gasteiger partial charge in [-0.2, -0.15) is 4.52 Å². The minimum atomic E-state index is -0.123. The molecule has 0 bridgehead atoms. The lowest BCUT2D eigenvalue weighted by Gasteiger charge is -2.25. The van der Waals surface area contributed by atoms with Crippen LogP contribution in [0.1, 0.15) is 40.2 Å². The zero-order valence-corrected chi connectivity index (χ0v) is 15.8. The number of ether oxygens (including phenoxy) is 1. The van der Waals surface area contributed by atoms with Gasteiger partial charge in [0.05, 0.1) is 18.6 Å². The molecule has 26 heavy (non-hydrogen) atoms. The van der Waals surface area contributed by atoms with Crippen LogP contribution in [-0.2, 0) is 17.6 Å². The molecular weight excluding hydrogens is 350 g/mol. The summed E-state index contributed by atoms with van der Waals surface area (Å²) in [7, 11) is 0. The van der Waals surface area contributed by atoms with E-state index in [1.165, 1.54) is 16.9 Å². The highest BCUT2D eigenvalue weighted by Crippen LogP contribution is 2.39. The van der Waals surface area contributed by atoms with E-state index >= 15 is 0 Å². The number of thiophene rings is 1. The van der Waals surface area contributed by atoms with E-state index in [0.29, 0.717) is 32.2 Å². The lowest BCUT2D eigenvalue weighted by Crippen LogP contribution is -2.41. The second-order valence-corrected chi connectivity index (χ2v) is 8.35. The average molecular weight is 371 g/mol. The smallest absolute Gasteiger partial charge is 0.293 e. The molecule has 1 aliphatic carbocycles. The number of fused-ring (bicyclic) bond motifs is 5. The second-order valence-electron chi connectivity index (χ2n) is 7.27. The van der Waals surface area contributed by atoms with Crippen LogP contribution in [0.3, 0.4) is 0 Å². The zero-order valence-electron chi connectivity index (χ0n) is 15.0. The number of carbonyl (C=O) groups is 1. The predicted octanol–water partition coefficient (Wildman–Crippen LogP) is 2.24. The van der Waals surface area contributed by atoms with Crippen molar-refractivity contribution >= 4 is 33.1 Å². The Morgan fingerprint density at radius 1 is 1.27 bits per heavy atom. The molecule has 2 aliphatic rings. The molecule has 1 amide bonds. The van der Waals surface area contributed by atoms with Crippen LogP contribution in [0.5, 0.6) is 0 Å². The SMILES string of the molecule is Cc1nc2sc3c(c2c2nc(C(=O)N4CCOCC4)nn12)C[C@@H](C)CC3. The molecule has 1 fully saturated rings. The second kappa shape index (κ2) is 5.99. The summed E-state index contributed by atoms with van der Waals surface area (Å²) in [5.41, 5.74) is 2.13. The summed E-state index contributed by atoms with van der Waals surface area (Å²) in [6, 6.07) is 0. The van der Waals surface area contributed by atoms with E-state index in [-0.39, 0.29) is 11.7 Å². The summed E-state index contributed by atoms with van der Waals surface area (Å²) in [6.07, 6.45) is 3.38. The largest absolute Gasteiger partial charge is 0.378 e. The summed E-state index contributed by atoms with van der Waals surface area (Å²) in [4.78, 5) is 26.4. The minimum absolute atomic E-state index is 0.123. The molecule has 4 heterocycles. The summed E-state index contributed by atoms with van der Waals surface area (Å²) in [5, 5.41) is 5.59. The lowest BCUT2D eigenvalue weighted by atomic mass is 9.89. The van der Waals surface area contributed by atoms with E-state index in [0.717, 1.165) is 34.5 Å². The Kier molecular flexibility index (Phi) is 3.72. The van der Waals surface area contributed by atoms with Crippen LogP contribution in [0.15, 0.2) is 0 Å². The summed E-state index contributed by atoms with van der Waals surface area (Å²) < 4.78 is 7.07. The molecule has 0 saturated carbocycles. The molecule has 0 spiro atoms. The maximum absolute atomic E-state index is 12.8. The molecule has 0 unspecified atom stereocenters. The van der Waals surface area contributed by atoms with Gasteiger partial charge >= 0.3 is 0 Å². The van der Waals surface area contributed by atoms with E-state index < -0.39 is 0 Å². The first-order valence-electron chi connectivity index (χ1n) is 9.16. The van der Waals surface area contributed by atoms with Crippen LogP contribution in [0.25, 0.3) is 15.9 Å². The van der Waals surface area contributed by atoms with E-state index in [1.54, 1.807) is 20.8 Å². The van der Waals surface area contributed by atoms with Crippen LogP contribution >= 0.6 is 11.3 Å². The molecule has 5 rings (SSSR count). The van der Waals surface area contributed by atoms with Gasteiger partial charge in [0.2, 0.25) is 5.82 Å². The highest BCUT2D eigenvalue weighted by molar-refractivity contribution is 7.19. The molecule has 1 saturated heterocycles. The van der Waals surface area contributed by atoms with Crippen LogP contribution in [0.4, 0.5) is 0 Å². The van der Waals surface area contributed by atoms with Crippen LogP contribution in [0, 0.1) is 12.8 Å². The molecule has 136 valence electrons. The first-order valence-corrected chi connectivity index (χ1v) is 9.98.